The van der Waals surface area contributed by atoms with Crippen LogP contribution in [-0.4, -0.2) is 24.6 Å². The Morgan fingerprint density at radius 3 is 2.91 bits per heavy atom. The predicted octanol–water partition coefficient (Wildman–Crippen LogP) is 2.13. The molecular weight excluding hydrogens is 154 g/mol. The third-order valence-corrected chi connectivity index (χ3v) is 3.69. The van der Waals surface area contributed by atoms with Gasteiger partial charge in [-0.2, -0.15) is 11.8 Å². The van der Waals surface area contributed by atoms with E-state index in [1.54, 1.807) is 0 Å². The molecule has 1 fully saturated rings. The molecular formula is C9H19NS. The molecule has 0 aromatic carbocycles. The smallest absolute Gasteiger partial charge is 0.0100 e. The van der Waals surface area contributed by atoms with E-state index in [0.29, 0.717) is 0 Å². The molecule has 0 amide bonds. The van der Waals surface area contributed by atoms with Crippen LogP contribution in [0.25, 0.3) is 0 Å². The first-order valence-corrected chi connectivity index (χ1v) is 5.79. The van der Waals surface area contributed by atoms with Crippen LogP contribution in [0.1, 0.15) is 26.2 Å². The summed E-state index contributed by atoms with van der Waals surface area (Å²) in [6.45, 7) is 2.27. The van der Waals surface area contributed by atoms with Crippen LogP contribution in [0.3, 0.4) is 0 Å². The average Bonchev–Trinajstić information content (AvgIpc) is 2.52. The fourth-order valence-electron chi connectivity index (χ4n) is 1.80. The number of rotatable bonds is 4. The van der Waals surface area contributed by atoms with Crippen molar-refractivity contribution in [2.45, 2.75) is 32.2 Å². The molecule has 0 aromatic heterocycles. The van der Waals surface area contributed by atoms with Gasteiger partial charge < -0.3 is 5.32 Å². The van der Waals surface area contributed by atoms with Crippen molar-refractivity contribution in [1.29, 1.82) is 0 Å². The van der Waals surface area contributed by atoms with Crippen molar-refractivity contribution in [3.63, 3.8) is 0 Å². The van der Waals surface area contributed by atoms with Gasteiger partial charge in [-0.15, -0.1) is 0 Å². The van der Waals surface area contributed by atoms with E-state index >= 15 is 0 Å². The van der Waals surface area contributed by atoms with Crippen molar-refractivity contribution in [3.8, 4) is 0 Å². The molecule has 1 aliphatic rings. The highest BCUT2D eigenvalue weighted by molar-refractivity contribution is 7.99. The molecule has 2 unspecified atom stereocenters. The van der Waals surface area contributed by atoms with Gasteiger partial charge in [-0.1, -0.05) is 13.3 Å². The van der Waals surface area contributed by atoms with Gasteiger partial charge >= 0.3 is 0 Å². The van der Waals surface area contributed by atoms with Crippen molar-refractivity contribution >= 4 is 11.8 Å². The zero-order chi connectivity index (χ0) is 8.10. The van der Waals surface area contributed by atoms with Crippen LogP contribution < -0.4 is 5.32 Å². The molecule has 2 atom stereocenters. The van der Waals surface area contributed by atoms with E-state index < -0.39 is 0 Å². The highest BCUT2D eigenvalue weighted by Gasteiger charge is 2.22. The molecule has 0 aliphatic carbocycles. The van der Waals surface area contributed by atoms with Crippen LogP contribution in [0.2, 0.25) is 0 Å². The fraction of sp³-hybridized carbons (Fsp3) is 1.00. The zero-order valence-electron chi connectivity index (χ0n) is 7.60. The summed E-state index contributed by atoms with van der Waals surface area (Å²) in [6.07, 6.45) is 4.09. The molecule has 0 saturated carbocycles. The Kier molecular flexibility index (Phi) is 4.31. The SMILES string of the molecule is CCCC(NC)C1CCSC1. The molecule has 2 heteroatoms. The number of hydrogen-bond donors (Lipinski definition) is 1. The van der Waals surface area contributed by atoms with Crippen molar-refractivity contribution in [2.24, 2.45) is 5.92 Å². The van der Waals surface area contributed by atoms with Crippen LogP contribution in [0.5, 0.6) is 0 Å². The van der Waals surface area contributed by atoms with E-state index in [2.05, 4.69) is 31.1 Å². The molecule has 0 radical (unpaired) electrons. The van der Waals surface area contributed by atoms with Crippen molar-refractivity contribution in [1.82, 2.24) is 5.32 Å². The summed E-state index contributed by atoms with van der Waals surface area (Å²) in [4.78, 5) is 0. The molecule has 66 valence electrons. The highest BCUT2D eigenvalue weighted by atomic mass is 32.2. The molecule has 0 aromatic rings. The van der Waals surface area contributed by atoms with Gasteiger partial charge in [0.25, 0.3) is 0 Å². The largest absolute Gasteiger partial charge is 0.317 e. The summed E-state index contributed by atoms with van der Waals surface area (Å²) < 4.78 is 0. The van der Waals surface area contributed by atoms with Gasteiger partial charge in [0.15, 0.2) is 0 Å². The Balaban J connectivity index is 2.27. The van der Waals surface area contributed by atoms with Crippen LogP contribution >= 0.6 is 11.8 Å². The van der Waals surface area contributed by atoms with Gasteiger partial charge in [-0.25, -0.2) is 0 Å². The second-order valence-corrected chi connectivity index (χ2v) is 4.46. The van der Waals surface area contributed by atoms with Crippen LogP contribution in [-0.2, 0) is 0 Å². The van der Waals surface area contributed by atoms with Gasteiger partial charge in [0.1, 0.15) is 0 Å². The predicted molar refractivity (Wildman–Crippen MR) is 53.2 cm³/mol. The Hall–Kier alpha value is 0.310. The van der Waals surface area contributed by atoms with Crippen molar-refractivity contribution in [2.75, 3.05) is 18.6 Å². The molecule has 0 spiro atoms. The van der Waals surface area contributed by atoms with E-state index in [4.69, 9.17) is 0 Å². The van der Waals surface area contributed by atoms with Crippen molar-refractivity contribution < 1.29 is 0 Å². The van der Waals surface area contributed by atoms with Crippen LogP contribution in [0, 0.1) is 5.92 Å². The summed E-state index contributed by atoms with van der Waals surface area (Å²) in [5.74, 6) is 3.71. The Labute approximate surface area is 74.3 Å². The maximum atomic E-state index is 3.43. The monoisotopic (exact) mass is 173 g/mol. The van der Waals surface area contributed by atoms with E-state index in [1.807, 2.05) is 0 Å². The van der Waals surface area contributed by atoms with E-state index in [-0.39, 0.29) is 0 Å². The molecule has 1 saturated heterocycles. The van der Waals surface area contributed by atoms with E-state index in [9.17, 15) is 0 Å². The minimum Gasteiger partial charge on any atom is -0.317 e. The van der Waals surface area contributed by atoms with Crippen LogP contribution in [0.4, 0.5) is 0 Å². The Morgan fingerprint density at radius 1 is 1.64 bits per heavy atom. The minimum absolute atomic E-state index is 0.787. The standard InChI is InChI=1S/C9H19NS/c1-3-4-9(10-2)8-5-6-11-7-8/h8-10H,3-7H2,1-2H3. The Bertz CT molecular complexity index is 99.7. The topological polar surface area (TPSA) is 12.0 Å². The third-order valence-electron chi connectivity index (χ3n) is 2.50. The summed E-state index contributed by atoms with van der Waals surface area (Å²) in [7, 11) is 2.10. The summed E-state index contributed by atoms with van der Waals surface area (Å²) in [5, 5.41) is 3.43. The summed E-state index contributed by atoms with van der Waals surface area (Å²) >= 11 is 2.11. The normalized spacial score (nSPS) is 27.3. The van der Waals surface area contributed by atoms with E-state index in [1.165, 1.54) is 30.8 Å². The molecule has 1 N–H and O–H groups in total. The van der Waals surface area contributed by atoms with Gasteiger partial charge in [-0.05, 0) is 37.3 Å². The number of nitrogens with one attached hydrogen (secondary N) is 1. The first-order chi connectivity index (χ1) is 5.38. The molecule has 1 aliphatic heterocycles. The molecule has 1 heterocycles. The quantitative estimate of drug-likeness (QED) is 0.699. The second kappa shape index (κ2) is 5.04. The highest BCUT2D eigenvalue weighted by Crippen LogP contribution is 2.27. The third kappa shape index (κ3) is 2.68. The van der Waals surface area contributed by atoms with Crippen molar-refractivity contribution in [3.05, 3.63) is 0 Å². The molecule has 1 rings (SSSR count). The lowest BCUT2D eigenvalue weighted by molar-refractivity contribution is 0.381. The number of thioether (sulfide) groups is 1. The average molecular weight is 173 g/mol. The van der Waals surface area contributed by atoms with Gasteiger partial charge in [0.2, 0.25) is 0 Å². The lowest BCUT2D eigenvalue weighted by Gasteiger charge is -2.21. The minimum atomic E-state index is 0.787. The first kappa shape index (κ1) is 9.40. The molecule has 1 nitrogen and oxygen atoms in total. The van der Waals surface area contributed by atoms with Gasteiger partial charge in [0.05, 0.1) is 0 Å². The summed E-state index contributed by atoms with van der Waals surface area (Å²) in [5.41, 5.74) is 0. The zero-order valence-corrected chi connectivity index (χ0v) is 8.41. The lowest BCUT2D eigenvalue weighted by atomic mass is 9.96. The molecule has 0 bridgehead atoms. The van der Waals surface area contributed by atoms with Crippen LogP contribution in [0.15, 0.2) is 0 Å². The lowest BCUT2D eigenvalue weighted by Crippen LogP contribution is -2.33. The van der Waals surface area contributed by atoms with E-state index in [0.717, 1.165) is 12.0 Å². The maximum Gasteiger partial charge on any atom is 0.0100 e. The first-order valence-electron chi connectivity index (χ1n) is 4.63. The number of hydrogen-bond acceptors (Lipinski definition) is 2. The maximum absolute atomic E-state index is 3.43. The molecule has 11 heavy (non-hydrogen) atoms. The van der Waals surface area contributed by atoms with Gasteiger partial charge in [0, 0.05) is 6.04 Å². The Morgan fingerprint density at radius 2 is 2.45 bits per heavy atom. The second-order valence-electron chi connectivity index (χ2n) is 3.31. The summed E-state index contributed by atoms with van der Waals surface area (Å²) in [6, 6.07) is 0.787. The fourth-order valence-corrected chi connectivity index (χ4v) is 3.13. The van der Waals surface area contributed by atoms with Gasteiger partial charge in [-0.3, -0.25) is 0 Å².